The lowest BCUT2D eigenvalue weighted by atomic mass is 9.82. The fraction of sp³-hybridized carbons (Fsp3) is 0.769. The molecule has 0 aromatic carbocycles. The minimum atomic E-state index is -0.132. The Labute approximate surface area is 123 Å². The van der Waals surface area contributed by atoms with E-state index in [1.807, 2.05) is 0 Å². The van der Waals surface area contributed by atoms with E-state index in [2.05, 4.69) is 30.5 Å². The number of aliphatic hydroxyl groups is 1. The van der Waals surface area contributed by atoms with Crippen LogP contribution >= 0.6 is 0 Å². The van der Waals surface area contributed by atoms with E-state index in [1.54, 1.807) is 7.05 Å². The molecule has 116 valence electrons. The quantitative estimate of drug-likeness (QED) is 0.695. The van der Waals surface area contributed by atoms with Crippen molar-refractivity contribution in [2.75, 3.05) is 55.4 Å². The van der Waals surface area contributed by atoms with Crippen molar-refractivity contribution in [1.29, 1.82) is 0 Å². The molecule has 8 heteroatoms. The summed E-state index contributed by atoms with van der Waals surface area (Å²) in [5.41, 5.74) is 0. The highest BCUT2D eigenvalue weighted by atomic mass is 16.5. The number of nitrogens with zero attached hydrogens (tertiary/aromatic N) is 4. The molecule has 3 rings (SSSR count). The summed E-state index contributed by atoms with van der Waals surface area (Å²) >= 11 is 0. The molecule has 0 bridgehead atoms. The molecule has 2 fully saturated rings. The van der Waals surface area contributed by atoms with Crippen LogP contribution in [0.5, 0.6) is 0 Å². The normalized spacial score (nSPS) is 25.3. The lowest BCUT2D eigenvalue weighted by Gasteiger charge is -2.31. The lowest BCUT2D eigenvalue weighted by Crippen LogP contribution is -2.38. The summed E-state index contributed by atoms with van der Waals surface area (Å²) in [6.07, 6.45) is 1.58. The van der Waals surface area contributed by atoms with Crippen LogP contribution in [0.1, 0.15) is 12.8 Å². The van der Waals surface area contributed by atoms with Gasteiger partial charge in [0.25, 0.3) is 0 Å². The maximum absolute atomic E-state index is 9.31. The number of aliphatic hydroxyl groups excluding tert-OH is 1. The van der Waals surface area contributed by atoms with Gasteiger partial charge in [-0.1, -0.05) is 0 Å². The smallest absolute Gasteiger partial charge is 0.232 e. The van der Waals surface area contributed by atoms with Gasteiger partial charge in [0, 0.05) is 26.7 Å². The van der Waals surface area contributed by atoms with Gasteiger partial charge in [-0.15, -0.1) is 0 Å². The van der Waals surface area contributed by atoms with Gasteiger partial charge in [-0.25, -0.2) is 0 Å². The van der Waals surface area contributed by atoms with Crippen LogP contribution in [0, 0.1) is 5.92 Å². The summed E-state index contributed by atoms with van der Waals surface area (Å²) in [6.45, 7) is 3.77. The van der Waals surface area contributed by atoms with Crippen molar-refractivity contribution >= 4 is 17.8 Å². The molecule has 0 radical (unpaired) electrons. The van der Waals surface area contributed by atoms with E-state index >= 15 is 0 Å². The van der Waals surface area contributed by atoms with Gasteiger partial charge < -0.3 is 25.4 Å². The van der Waals surface area contributed by atoms with E-state index in [1.165, 1.54) is 0 Å². The minimum absolute atomic E-state index is 0.132. The molecule has 0 spiro atoms. The number of aromatic nitrogens is 3. The topological polar surface area (TPSA) is 95.4 Å². The second-order valence-corrected chi connectivity index (χ2v) is 5.50. The Morgan fingerprint density at radius 3 is 2.57 bits per heavy atom. The molecule has 1 aliphatic heterocycles. The zero-order valence-corrected chi connectivity index (χ0v) is 12.2. The Balaban J connectivity index is 1.67. The maximum Gasteiger partial charge on any atom is 0.232 e. The standard InChI is InChI=1S/C13H22N6O2/c1-14-11-16-12(15-8-9-6-10(20)7-9)18-13(17-11)19-2-4-21-5-3-19/h9-10,20H,2-8H2,1H3,(H2,14,15,16,17,18). The molecule has 2 heterocycles. The third-order valence-electron chi connectivity index (χ3n) is 3.90. The third-order valence-corrected chi connectivity index (χ3v) is 3.90. The Bertz CT molecular complexity index is 474. The molecular weight excluding hydrogens is 272 g/mol. The Morgan fingerprint density at radius 2 is 1.90 bits per heavy atom. The number of morpholine rings is 1. The largest absolute Gasteiger partial charge is 0.393 e. The molecule has 0 amide bonds. The van der Waals surface area contributed by atoms with Crippen LogP contribution < -0.4 is 15.5 Å². The maximum atomic E-state index is 9.31. The van der Waals surface area contributed by atoms with Crippen LogP contribution in [-0.2, 0) is 4.74 Å². The van der Waals surface area contributed by atoms with E-state index in [-0.39, 0.29) is 6.10 Å². The molecule has 0 unspecified atom stereocenters. The molecule has 1 aliphatic carbocycles. The van der Waals surface area contributed by atoms with Crippen molar-refractivity contribution in [1.82, 2.24) is 15.0 Å². The van der Waals surface area contributed by atoms with Crippen LogP contribution in [-0.4, -0.2) is 66.1 Å². The first-order valence-corrected chi connectivity index (χ1v) is 7.43. The van der Waals surface area contributed by atoms with Gasteiger partial charge in [0.15, 0.2) is 0 Å². The monoisotopic (exact) mass is 294 g/mol. The fourth-order valence-corrected chi connectivity index (χ4v) is 2.56. The molecule has 1 aromatic heterocycles. The summed E-state index contributed by atoms with van der Waals surface area (Å²) in [6, 6.07) is 0. The van der Waals surface area contributed by atoms with Crippen LogP contribution in [0.3, 0.4) is 0 Å². The second-order valence-electron chi connectivity index (χ2n) is 5.50. The summed E-state index contributed by atoms with van der Waals surface area (Å²) in [4.78, 5) is 15.3. The highest BCUT2D eigenvalue weighted by Gasteiger charge is 2.27. The summed E-state index contributed by atoms with van der Waals surface area (Å²) < 4.78 is 5.35. The number of nitrogens with one attached hydrogen (secondary N) is 2. The Morgan fingerprint density at radius 1 is 1.19 bits per heavy atom. The molecule has 21 heavy (non-hydrogen) atoms. The second kappa shape index (κ2) is 6.40. The van der Waals surface area contributed by atoms with E-state index in [9.17, 15) is 5.11 Å². The molecule has 2 aliphatic rings. The van der Waals surface area contributed by atoms with Gasteiger partial charge in [-0.2, -0.15) is 15.0 Å². The number of hydrogen-bond acceptors (Lipinski definition) is 8. The number of hydrogen-bond donors (Lipinski definition) is 3. The summed E-state index contributed by atoms with van der Waals surface area (Å²) in [5.74, 6) is 2.32. The highest BCUT2D eigenvalue weighted by molar-refractivity contribution is 5.43. The summed E-state index contributed by atoms with van der Waals surface area (Å²) in [7, 11) is 1.80. The number of ether oxygens (including phenoxy) is 1. The van der Waals surface area contributed by atoms with Crippen LogP contribution in [0.25, 0.3) is 0 Å². The van der Waals surface area contributed by atoms with Crippen molar-refractivity contribution in [2.45, 2.75) is 18.9 Å². The van der Waals surface area contributed by atoms with E-state index in [0.29, 0.717) is 37.0 Å². The first-order valence-electron chi connectivity index (χ1n) is 7.43. The zero-order chi connectivity index (χ0) is 14.7. The molecule has 3 N–H and O–H groups in total. The van der Waals surface area contributed by atoms with Gasteiger partial charge >= 0.3 is 0 Å². The van der Waals surface area contributed by atoms with Crippen LogP contribution in [0.15, 0.2) is 0 Å². The highest BCUT2D eigenvalue weighted by Crippen LogP contribution is 2.27. The van der Waals surface area contributed by atoms with E-state index < -0.39 is 0 Å². The molecule has 0 atom stereocenters. The third kappa shape index (κ3) is 3.51. The van der Waals surface area contributed by atoms with Crippen LogP contribution in [0.2, 0.25) is 0 Å². The Kier molecular flexibility index (Phi) is 4.35. The van der Waals surface area contributed by atoms with Gasteiger partial charge in [0.2, 0.25) is 17.8 Å². The molecule has 1 saturated carbocycles. The van der Waals surface area contributed by atoms with Gasteiger partial charge in [-0.05, 0) is 18.8 Å². The zero-order valence-electron chi connectivity index (χ0n) is 12.2. The average Bonchev–Trinajstić information content (AvgIpc) is 2.51. The molecule has 8 nitrogen and oxygen atoms in total. The molecule has 1 aromatic rings. The van der Waals surface area contributed by atoms with Crippen LogP contribution in [0.4, 0.5) is 17.8 Å². The van der Waals surface area contributed by atoms with Crippen molar-refractivity contribution in [3.05, 3.63) is 0 Å². The first kappa shape index (κ1) is 14.3. The van der Waals surface area contributed by atoms with E-state index in [4.69, 9.17) is 4.74 Å². The van der Waals surface area contributed by atoms with Crippen molar-refractivity contribution in [3.8, 4) is 0 Å². The Hall–Kier alpha value is -1.67. The minimum Gasteiger partial charge on any atom is -0.393 e. The van der Waals surface area contributed by atoms with Gasteiger partial charge in [0.1, 0.15) is 0 Å². The number of anilines is 3. The lowest BCUT2D eigenvalue weighted by molar-refractivity contribution is 0.0486. The fourth-order valence-electron chi connectivity index (χ4n) is 2.56. The molecular formula is C13H22N6O2. The first-order chi connectivity index (χ1) is 10.2. The SMILES string of the molecule is CNc1nc(NCC2CC(O)C2)nc(N2CCOCC2)n1. The van der Waals surface area contributed by atoms with Crippen molar-refractivity contribution in [3.63, 3.8) is 0 Å². The average molecular weight is 294 g/mol. The predicted molar refractivity (Wildman–Crippen MR) is 79.6 cm³/mol. The predicted octanol–water partition coefficient (Wildman–Crippen LogP) is -0.0673. The van der Waals surface area contributed by atoms with E-state index in [0.717, 1.165) is 32.5 Å². The van der Waals surface area contributed by atoms with Gasteiger partial charge in [0.05, 0.1) is 19.3 Å². The number of rotatable bonds is 5. The van der Waals surface area contributed by atoms with Crippen molar-refractivity contribution in [2.24, 2.45) is 5.92 Å². The molecule has 1 saturated heterocycles. The summed E-state index contributed by atoms with van der Waals surface area (Å²) in [5, 5.41) is 15.5. The van der Waals surface area contributed by atoms with Gasteiger partial charge in [-0.3, -0.25) is 0 Å². The van der Waals surface area contributed by atoms with Crippen molar-refractivity contribution < 1.29 is 9.84 Å².